The highest BCUT2D eigenvalue weighted by molar-refractivity contribution is 6.02. The van der Waals surface area contributed by atoms with Crippen LogP contribution in [0.25, 0.3) is 77.5 Å². The molecule has 1 aliphatic carbocycles. The van der Waals surface area contributed by atoms with Gasteiger partial charge in [-0.3, -0.25) is 0 Å². The molecule has 0 radical (unpaired) electrons. The maximum absolute atomic E-state index is 2.47. The van der Waals surface area contributed by atoms with E-state index in [2.05, 4.69) is 255 Å². The Kier molecular flexibility index (Phi) is 9.24. The quantitative estimate of drug-likeness (QED) is 0.148. The van der Waals surface area contributed by atoms with Crippen molar-refractivity contribution < 1.29 is 0 Å². The zero-order valence-corrected chi connectivity index (χ0v) is 35.0. The number of nitrogens with zero attached hydrogens (tertiary/aromatic N) is 1. The number of hydrogen-bond donors (Lipinski definition) is 0. The molecule has 0 heterocycles. The van der Waals surface area contributed by atoms with Gasteiger partial charge in [-0.25, -0.2) is 0 Å². The van der Waals surface area contributed by atoms with Crippen LogP contribution in [0.3, 0.4) is 0 Å². The van der Waals surface area contributed by atoms with Crippen LogP contribution >= 0.6 is 0 Å². The molecule has 10 aromatic carbocycles. The number of rotatable bonds is 8. The minimum absolute atomic E-state index is 0.117. The van der Waals surface area contributed by atoms with Crippen LogP contribution in [-0.2, 0) is 5.41 Å². The maximum atomic E-state index is 2.47. The molecule has 1 nitrogen and oxygen atoms in total. The lowest BCUT2D eigenvalue weighted by Gasteiger charge is -2.30. The molecular weight excluding hydrogens is 747 g/mol. The molecular formula is C61H45N. The Morgan fingerprint density at radius 1 is 0.323 bits per heavy atom. The predicted octanol–water partition coefficient (Wildman–Crippen LogP) is 17.0. The summed E-state index contributed by atoms with van der Waals surface area (Å²) in [4.78, 5) is 2.47. The smallest absolute Gasteiger partial charge is 0.0546 e. The Bertz CT molecular complexity index is 3240. The van der Waals surface area contributed by atoms with E-state index in [0.717, 1.165) is 17.1 Å². The molecule has 0 fully saturated rings. The number of anilines is 3. The first kappa shape index (κ1) is 37.3. The van der Waals surface area contributed by atoms with Gasteiger partial charge >= 0.3 is 0 Å². The summed E-state index contributed by atoms with van der Waals surface area (Å²) < 4.78 is 0. The summed E-state index contributed by atoms with van der Waals surface area (Å²) in [5, 5.41) is 2.48. The minimum Gasteiger partial charge on any atom is -0.310 e. The van der Waals surface area contributed by atoms with Gasteiger partial charge in [-0.15, -0.1) is 0 Å². The first-order chi connectivity index (χ1) is 30.5. The first-order valence-electron chi connectivity index (χ1n) is 21.6. The maximum Gasteiger partial charge on any atom is 0.0546 e. The van der Waals surface area contributed by atoms with Crippen molar-refractivity contribution in [2.75, 3.05) is 4.90 Å². The molecule has 11 rings (SSSR count). The van der Waals surface area contributed by atoms with Gasteiger partial charge in [0, 0.05) is 22.4 Å². The molecule has 0 amide bonds. The SMILES string of the molecule is CC1(C)c2ccccc2-c2cccc(-c3ccc(N(c4cccc(-c5cccc6ccccc56)c4)c4cccc(-c5ccccc5)c4-c4ccccc4-c4ccccc4)cc3)c21. The Labute approximate surface area is 364 Å². The highest BCUT2D eigenvalue weighted by atomic mass is 15.1. The van der Waals surface area contributed by atoms with E-state index in [1.165, 1.54) is 88.7 Å². The molecule has 62 heavy (non-hydrogen) atoms. The summed E-state index contributed by atoms with van der Waals surface area (Å²) in [5.41, 5.74) is 20.6. The van der Waals surface area contributed by atoms with Gasteiger partial charge in [-0.2, -0.15) is 0 Å². The van der Waals surface area contributed by atoms with Crippen LogP contribution in [0.4, 0.5) is 17.1 Å². The van der Waals surface area contributed by atoms with Crippen LogP contribution in [0.1, 0.15) is 25.0 Å². The monoisotopic (exact) mass is 791 g/mol. The molecule has 0 bridgehead atoms. The summed E-state index contributed by atoms with van der Waals surface area (Å²) in [6.07, 6.45) is 0. The van der Waals surface area contributed by atoms with Gasteiger partial charge in [0.15, 0.2) is 0 Å². The van der Waals surface area contributed by atoms with Crippen molar-refractivity contribution in [3.05, 3.63) is 248 Å². The Morgan fingerprint density at radius 2 is 0.839 bits per heavy atom. The van der Waals surface area contributed by atoms with E-state index in [9.17, 15) is 0 Å². The van der Waals surface area contributed by atoms with Gasteiger partial charge in [-0.1, -0.05) is 220 Å². The summed E-state index contributed by atoms with van der Waals surface area (Å²) in [6, 6.07) is 86.6. The Morgan fingerprint density at radius 3 is 1.63 bits per heavy atom. The highest BCUT2D eigenvalue weighted by Crippen LogP contribution is 2.53. The summed E-state index contributed by atoms with van der Waals surface area (Å²) in [6.45, 7) is 4.74. The Balaban J connectivity index is 1.14. The summed E-state index contributed by atoms with van der Waals surface area (Å²) in [7, 11) is 0. The summed E-state index contributed by atoms with van der Waals surface area (Å²) >= 11 is 0. The van der Waals surface area contributed by atoms with Crippen LogP contribution in [0.2, 0.25) is 0 Å². The van der Waals surface area contributed by atoms with Crippen LogP contribution < -0.4 is 4.90 Å². The van der Waals surface area contributed by atoms with Crippen LogP contribution in [0.5, 0.6) is 0 Å². The third kappa shape index (κ3) is 6.33. The highest BCUT2D eigenvalue weighted by Gasteiger charge is 2.37. The standard InChI is InChI=1S/C61H45N/c1-61(2)57-35-14-13-29-54(57)56-34-17-33-53(60(56)61)45-37-39-47(40-38-45)62(48-26-15-25-46(41-48)51-31-16-24-43-23-9-10-27-49(43)51)58-36-18-32-52(44-21-7-4-8-22-44)59(58)55-30-12-11-28-50(55)42-19-5-3-6-20-42/h3-41H,1-2H3. The van der Waals surface area contributed by atoms with Crippen LogP contribution in [-0.4, -0.2) is 0 Å². The van der Waals surface area contributed by atoms with Gasteiger partial charge in [0.1, 0.15) is 0 Å². The van der Waals surface area contributed by atoms with E-state index in [0.29, 0.717) is 0 Å². The van der Waals surface area contributed by atoms with Crippen molar-refractivity contribution in [3.8, 4) is 66.8 Å². The van der Waals surface area contributed by atoms with Crippen molar-refractivity contribution in [1.82, 2.24) is 0 Å². The second kappa shape index (κ2) is 15.4. The van der Waals surface area contributed by atoms with Gasteiger partial charge in [0.25, 0.3) is 0 Å². The van der Waals surface area contributed by atoms with Crippen molar-refractivity contribution in [1.29, 1.82) is 0 Å². The van der Waals surface area contributed by atoms with Gasteiger partial charge in [0.05, 0.1) is 5.69 Å². The van der Waals surface area contributed by atoms with Gasteiger partial charge in [0.2, 0.25) is 0 Å². The molecule has 0 aromatic heterocycles. The Hall–Kier alpha value is -7.74. The topological polar surface area (TPSA) is 3.24 Å². The average molecular weight is 792 g/mol. The minimum atomic E-state index is -0.117. The largest absolute Gasteiger partial charge is 0.310 e. The van der Waals surface area contributed by atoms with E-state index in [1.807, 2.05) is 0 Å². The fourth-order valence-corrected chi connectivity index (χ4v) is 10.0. The number of fused-ring (bicyclic) bond motifs is 4. The van der Waals surface area contributed by atoms with Crippen LogP contribution in [0, 0.1) is 0 Å². The van der Waals surface area contributed by atoms with Gasteiger partial charge < -0.3 is 4.90 Å². The zero-order valence-electron chi connectivity index (χ0n) is 35.0. The van der Waals surface area contributed by atoms with E-state index < -0.39 is 0 Å². The van der Waals surface area contributed by atoms with E-state index in [1.54, 1.807) is 0 Å². The number of benzene rings is 10. The average Bonchev–Trinajstić information content (AvgIpc) is 3.58. The zero-order chi connectivity index (χ0) is 41.6. The molecule has 0 atom stereocenters. The molecule has 1 aliphatic rings. The normalized spacial score (nSPS) is 12.5. The molecule has 0 unspecified atom stereocenters. The van der Waals surface area contributed by atoms with Crippen molar-refractivity contribution in [2.24, 2.45) is 0 Å². The third-order valence-electron chi connectivity index (χ3n) is 12.9. The molecule has 0 saturated heterocycles. The second-order valence-corrected chi connectivity index (χ2v) is 16.8. The lowest BCUT2D eigenvalue weighted by molar-refractivity contribution is 0.662. The fraction of sp³-hybridized carbons (Fsp3) is 0.0492. The first-order valence-corrected chi connectivity index (χ1v) is 21.6. The van der Waals surface area contributed by atoms with E-state index in [-0.39, 0.29) is 5.41 Å². The van der Waals surface area contributed by atoms with Gasteiger partial charge in [-0.05, 0) is 113 Å². The van der Waals surface area contributed by atoms with Crippen molar-refractivity contribution in [3.63, 3.8) is 0 Å². The lowest BCUT2D eigenvalue weighted by Crippen LogP contribution is -2.16. The fourth-order valence-electron chi connectivity index (χ4n) is 10.0. The van der Waals surface area contributed by atoms with Crippen molar-refractivity contribution in [2.45, 2.75) is 19.3 Å². The predicted molar refractivity (Wildman–Crippen MR) is 263 cm³/mol. The van der Waals surface area contributed by atoms with E-state index in [4.69, 9.17) is 0 Å². The molecule has 294 valence electrons. The second-order valence-electron chi connectivity index (χ2n) is 16.8. The number of hydrogen-bond acceptors (Lipinski definition) is 1. The molecule has 0 spiro atoms. The lowest BCUT2D eigenvalue weighted by atomic mass is 9.79. The van der Waals surface area contributed by atoms with Crippen molar-refractivity contribution >= 4 is 27.8 Å². The van der Waals surface area contributed by atoms with E-state index >= 15 is 0 Å². The molecule has 1 heteroatoms. The third-order valence-corrected chi connectivity index (χ3v) is 12.9. The molecule has 10 aromatic rings. The molecule has 0 aliphatic heterocycles. The molecule has 0 saturated carbocycles. The van der Waals surface area contributed by atoms with Crippen LogP contribution in [0.15, 0.2) is 237 Å². The molecule has 0 N–H and O–H groups in total. The summed E-state index contributed by atoms with van der Waals surface area (Å²) in [5.74, 6) is 0.